The van der Waals surface area contributed by atoms with Crippen molar-refractivity contribution in [1.82, 2.24) is 20.1 Å². The first-order chi connectivity index (χ1) is 12.1. The van der Waals surface area contributed by atoms with Crippen LogP contribution in [0.25, 0.3) is 0 Å². The molecule has 1 aliphatic rings. The molecule has 0 fully saturated rings. The van der Waals surface area contributed by atoms with E-state index in [-0.39, 0.29) is 24.6 Å². The molecule has 0 saturated heterocycles. The molecule has 0 saturated carbocycles. The van der Waals surface area contributed by atoms with E-state index in [1.165, 1.54) is 6.33 Å². The molecule has 3 amide bonds. The van der Waals surface area contributed by atoms with Gasteiger partial charge in [0.05, 0.1) is 12.2 Å². The van der Waals surface area contributed by atoms with Gasteiger partial charge in [-0.2, -0.15) is 5.10 Å². The molecule has 0 unspecified atom stereocenters. The van der Waals surface area contributed by atoms with E-state index in [9.17, 15) is 9.59 Å². The molecule has 1 aromatic carbocycles. The van der Waals surface area contributed by atoms with E-state index in [0.717, 1.165) is 0 Å². The third kappa shape index (κ3) is 3.87. The number of hydrogen-bond donors (Lipinski definition) is 2. The van der Waals surface area contributed by atoms with Crippen LogP contribution in [0.5, 0.6) is 5.75 Å². The lowest BCUT2D eigenvalue weighted by molar-refractivity contribution is -0.121. The van der Waals surface area contributed by atoms with Crippen molar-refractivity contribution in [3.8, 4) is 5.75 Å². The molecule has 0 bridgehead atoms. The predicted molar refractivity (Wildman–Crippen MR) is 91.6 cm³/mol. The van der Waals surface area contributed by atoms with Gasteiger partial charge < -0.3 is 20.3 Å². The largest absolute Gasteiger partial charge is 0.482 e. The second kappa shape index (κ2) is 7.20. The molecule has 1 atom stereocenters. The van der Waals surface area contributed by atoms with Crippen LogP contribution in [0.1, 0.15) is 13.8 Å². The maximum atomic E-state index is 12.2. The number of hydrogen-bond acceptors (Lipinski definition) is 5. The zero-order valence-corrected chi connectivity index (χ0v) is 14.1. The first kappa shape index (κ1) is 16.7. The van der Waals surface area contributed by atoms with Crippen LogP contribution in [-0.2, 0) is 11.3 Å². The van der Waals surface area contributed by atoms with E-state index < -0.39 is 0 Å². The molecule has 0 aliphatic carbocycles. The summed E-state index contributed by atoms with van der Waals surface area (Å²) in [6.07, 6.45) is 3.04. The van der Waals surface area contributed by atoms with E-state index >= 15 is 0 Å². The van der Waals surface area contributed by atoms with Crippen molar-refractivity contribution in [2.75, 3.05) is 23.4 Å². The van der Waals surface area contributed by atoms with Crippen molar-refractivity contribution in [3.63, 3.8) is 0 Å². The quantitative estimate of drug-likeness (QED) is 0.849. The summed E-state index contributed by atoms with van der Waals surface area (Å²) in [5.74, 6) is 0.532. The number of ether oxygens (including phenoxy) is 1. The van der Waals surface area contributed by atoms with Crippen LogP contribution >= 0.6 is 0 Å². The Kier molecular flexibility index (Phi) is 4.82. The molecule has 3 rings (SSSR count). The summed E-state index contributed by atoms with van der Waals surface area (Å²) < 4.78 is 7.06. The first-order valence-electron chi connectivity index (χ1n) is 8.04. The number of rotatable bonds is 5. The minimum atomic E-state index is -0.335. The second-order valence-corrected chi connectivity index (χ2v) is 5.73. The van der Waals surface area contributed by atoms with Gasteiger partial charge in [0.2, 0.25) is 0 Å². The molecule has 2 heterocycles. The fourth-order valence-corrected chi connectivity index (χ4v) is 2.67. The Morgan fingerprint density at radius 2 is 2.28 bits per heavy atom. The highest BCUT2D eigenvalue weighted by Gasteiger charge is 2.24. The number of nitrogens with one attached hydrogen (secondary N) is 2. The van der Waals surface area contributed by atoms with Gasteiger partial charge in [0, 0.05) is 18.3 Å². The van der Waals surface area contributed by atoms with Gasteiger partial charge in [0.15, 0.2) is 6.61 Å². The van der Waals surface area contributed by atoms with Crippen molar-refractivity contribution in [1.29, 1.82) is 0 Å². The van der Waals surface area contributed by atoms with Gasteiger partial charge in [-0.3, -0.25) is 9.48 Å². The Balaban J connectivity index is 1.63. The normalized spacial score (nSPS) is 14.5. The molecule has 0 spiro atoms. The summed E-state index contributed by atoms with van der Waals surface area (Å²) in [5, 5.41) is 9.61. The number of fused-ring (bicyclic) bond motifs is 1. The highest BCUT2D eigenvalue weighted by molar-refractivity contribution is 5.99. The lowest BCUT2D eigenvalue weighted by Gasteiger charge is -2.28. The SMILES string of the molecule is CCN1C(=O)COc2ccc(NC(=O)N[C@H](C)Cn3cncn3)cc21. The van der Waals surface area contributed by atoms with Gasteiger partial charge in [-0.1, -0.05) is 0 Å². The summed E-state index contributed by atoms with van der Waals surface area (Å²) in [4.78, 5) is 29.6. The Bertz CT molecular complexity index is 761. The number of amides is 3. The van der Waals surface area contributed by atoms with E-state index in [2.05, 4.69) is 20.7 Å². The monoisotopic (exact) mass is 344 g/mol. The van der Waals surface area contributed by atoms with Crippen molar-refractivity contribution in [3.05, 3.63) is 30.9 Å². The molecule has 132 valence electrons. The van der Waals surface area contributed by atoms with Gasteiger partial charge in [-0.25, -0.2) is 9.78 Å². The number of nitrogens with zero attached hydrogens (tertiary/aromatic N) is 4. The number of urea groups is 1. The number of benzene rings is 1. The molecule has 25 heavy (non-hydrogen) atoms. The van der Waals surface area contributed by atoms with Crippen LogP contribution < -0.4 is 20.3 Å². The first-order valence-corrected chi connectivity index (χ1v) is 8.04. The molecule has 2 aromatic rings. The molecule has 9 nitrogen and oxygen atoms in total. The average Bonchev–Trinajstić information content (AvgIpc) is 3.07. The van der Waals surface area contributed by atoms with Crippen molar-refractivity contribution in [2.24, 2.45) is 0 Å². The van der Waals surface area contributed by atoms with Gasteiger partial charge in [0.1, 0.15) is 18.4 Å². The Labute approximate surface area is 145 Å². The molecule has 2 N–H and O–H groups in total. The topological polar surface area (TPSA) is 101 Å². The highest BCUT2D eigenvalue weighted by atomic mass is 16.5. The number of carbonyl (C=O) groups is 2. The fourth-order valence-electron chi connectivity index (χ4n) is 2.67. The number of anilines is 2. The van der Waals surface area contributed by atoms with Gasteiger partial charge in [-0.15, -0.1) is 0 Å². The maximum Gasteiger partial charge on any atom is 0.319 e. The zero-order chi connectivity index (χ0) is 17.8. The van der Waals surface area contributed by atoms with Crippen LogP contribution in [0.3, 0.4) is 0 Å². The lowest BCUT2D eigenvalue weighted by atomic mass is 10.2. The van der Waals surface area contributed by atoms with Crippen LogP contribution in [0, 0.1) is 0 Å². The van der Waals surface area contributed by atoms with Crippen molar-refractivity contribution < 1.29 is 14.3 Å². The molecule has 0 radical (unpaired) electrons. The van der Waals surface area contributed by atoms with Crippen molar-refractivity contribution >= 4 is 23.3 Å². The van der Waals surface area contributed by atoms with E-state index in [1.807, 2.05) is 13.8 Å². The summed E-state index contributed by atoms with van der Waals surface area (Å²) >= 11 is 0. The highest BCUT2D eigenvalue weighted by Crippen LogP contribution is 2.34. The summed E-state index contributed by atoms with van der Waals surface area (Å²) in [7, 11) is 0. The van der Waals surface area contributed by atoms with Crippen LogP contribution in [0.2, 0.25) is 0 Å². The number of likely N-dealkylation sites (N-methyl/N-ethyl adjacent to an activating group) is 1. The summed E-state index contributed by atoms with van der Waals surface area (Å²) in [5.41, 5.74) is 1.24. The minimum absolute atomic E-state index is 0.0356. The predicted octanol–water partition coefficient (Wildman–Crippen LogP) is 1.23. The molecule has 1 aromatic heterocycles. The van der Waals surface area contributed by atoms with Crippen LogP contribution in [-0.4, -0.2) is 45.9 Å². The van der Waals surface area contributed by atoms with Gasteiger partial charge in [0.25, 0.3) is 5.91 Å². The maximum absolute atomic E-state index is 12.2. The second-order valence-electron chi connectivity index (χ2n) is 5.73. The van der Waals surface area contributed by atoms with Gasteiger partial charge in [-0.05, 0) is 32.0 Å². The third-order valence-electron chi connectivity index (χ3n) is 3.78. The Morgan fingerprint density at radius 3 is 3.00 bits per heavy atom. The summed E-state index contributed by atoms with van der Waals surface area (Å²) in [6, 6.07) is 4.76. The molecule has 1 aliphatic heterocycles. The Hall–Kier alpha value is -3.10. The lowest BCUT2D eigenvalue weighted by Crippen LogP contribution is -2.39. The van der Waals surface area contributed by atoms with Crippen LogP contribution in [0.15, 0.2) is 30.9 Å². The molecular formula is C16H20N6O3. The fraction of sp³-hybridized carbons (Fsp3) is 0.375. The van der Waals surface area contributed by atoms with E-state index in [4.69, 9.17) is 4.74 Å². The standard InChI is InChI=1S/C16H20N6O3/c1-3-22-13-6-12(4-5-14(13)25-8-15(22)23)20-16(24)19-11(2)7-21-10-17-9-18-21/h4-6,9-11H,3,7-8H2,1-2H3,(H2,19,20,24)/t11-/m1/s1. The average molecular weight is 344 g/mol. The van der Waals surface area contributed by atoms with E-state index in [1.54, 1.807) is 34.1 Å². The summed E-state index contributed by atoms with van der Waals surface area (Å²) in [6.45, 7) is 4.86. The number of aromatic nitrogens is 3. The van der Waals surface area contributed by atoms with Crippen LogP contribution in [0.4, 0.5) is 16.2 Å². The third-order valence-corrected chi connectivity index (χ3v) is 3.78. The Morgan fingerprint density at radius 1 is 1.44 bits per heavy atom. The molecular weight excluding hydrogens is 324 g/mol. The number of carbonyl (C=O) groups excluding carboxylic acids is 2. The van der Waals surface area contributed by atoms with Gasteiger partial charge >= 0.3 is 6.03 Å². The molecule has 9 heteroatoms. The van der Waals surface area contributed by atoms with E-state index in [0.29, 0.717) is 30.2 Å². The zero-order valence-electron chi connectivity index (χ0n) is 14.1. The minimum Gasteiger partial charge on any atom is -0.482 e. The smallest absolute Gasteiger partial charge is 0.319 e. The van der Waals surface area contributed by atoms with Crippen molar-refractivity contribution in [2.45, 2.75) is 26.4 Å².